The molecule has 0 bridgehead atoms. The van der Waals surface area contributed by atoms with Crippen LogP contribution in [-0.2, 0) is 11.3 Å². The van der Waals surface area contributed by atoms with E-state index in [1.165, 1.54) is 0 Å². The molecule has 1 aromatic carbocycles. The van der Waals surface area contributed by atoms with Crippen LogP contribution in [0.2, 0.25) is 0 Å². The number of carbonyl (C=O) groups excluding carboxylic acids is 1. The zero-order valence-electron chi connectivity index (χ0n) is 13.0. The van der Waals surface area contributed by atoms with Crippen LogP contribution in [-0.4, -0.2) is 29.9 Å². The van der Waals surface area contributed by atoms with Crippen molar-refractivity contribution in [1.29, 1.82) is 0 Å². The Kier molecular flexibility index (Phi) is 6.68. The van der Waals surface area contributed by atoms with Crippen molar-refractivity contribution in [2.45, 2.75) is 40.3 Å². The van der Waals surface area contributed by atoms with Crippen molar-refractivity contribution in [2.75, 3.05) is 18.4 Å². The van der Waals surface area contributed by atoms with E-state index in [9.17, 15) is 4.79 Å². The first-order valence-electron chi connectivity index (χ1n) is 7.36. The molecule has 0 saturated heterocycles. The van der Waals surface area contributed by atoms with Crippen molar-refractivity contribution in [3.63, 3.8) is 0 Å². The number of amides is 1. The number of benzene rings is 1. The summed E-state index contributed by atoms with van der Waals surface area (Å²) in [4.78, 5) is 14.4. The van der Waals surface area contributed by atoms with Crippen molar-refractivity contribution < 1.29 is 4.79 Å². The Balaban J connectivity index is 2.82. The van der Waals surface area contributed by atoms with Gasteiger partial charge in [0, 0.05) is 12.2 Å². The Hall–Kier alpha value is -1.39. The third-order valence-electron chi connectivity index (χ3n) is 3.58. The van der Waals surface area contributed by atoms with Gasteiger partial charge in [-0.25, -0.2) is 0 Å². The highest BCUT2D eigenvalue weighted by atomic mass is 16.2. The predicted molar refractivity (Wildman–Crippen MR) is 84.5 cm³/mol. The zero-order chi connectivity index (χ0) is 15.1. The molecule has 1 atom stereocenters. The van der Waals surface area contributed by atoms with Gasteiger partial charge in [0.1, 0.15) is 0 Å². The second kappa shape index (κ2) is 8.02. The monoisotopic (exact) mass is 277 g/mol. The maximum atomic E-state index is 12.1. The van der Waals surface area contributed by atoms with E-state index in [1.54, 1.807) is 0 Å². The first-order valence-corrected chi connectivity index (χ1v) is 7.36. The van der Waals surface area contributed by atoms with Crippen molar-refractivity contribution in [3.8, 4) is 0 Å². The number of carbonyl (C=O) groups is 1. The third kappa shape index (κ3) is 4.62. The number of hydrogen-bond donors (Lipinski definition) is 2. The molecule has 0 radical (unpaired) electrons. The quantitative estimate of drug-likeness (QED) is 0.805. The molecule has 1 aromatic rings. The minimum Gasteiger partial charge on any atom is -0.324 e. The standard InChI is InChI=1S/C16H27N3O/c1-5-19(6-2)11-13-9-7-8-10-14(13)18-16(20)15(17)12(3)4/h7-10,12,15H,5-6,11,17H2,1-4H3,(H,18,20)/t15-/m0/s1. The van der Waals surface area contributed by atoms with Crippen LogP contribution < -0.4 is 11.1 Å². The van der Waals surface area contributed by atoms with E-state index in [0.717, 1.165) is 30.9 Å². The van der Waals surface area contributed by atoms with Gasteiger partial charge < -0.3 is 11.1 Å². The molecule has 0 aliphatic heterocycles. The van der Waals surface area contributed by atoms with E-state index >= 15 is 0 Å². The Morgan fingerprint density at radius 1 is 1.25 bits per heavy atom. The molecule has 4 nitrogen and oxygen atoms in total. The molecule has 0 aromatic heterocycles. The van der Waals surface area contributed by atoms with Crippen LogP contribution >= 0.6 is 0 Å². The lowest BCUT2D eigenvalue weighted by molar-refractivity contribution is -0.118. The van der Waals surface area contributed by atoms with Crippen molar-refractivity contribution in [2.24, 2.45) is 11.7 Å². The van der Waals surface area contributed by atoms with Gasteiger partial charge in [0.2, 0.25) is 5.91 Å². The van der Waals surface area contributed by atoms with Crippen LogP contribution in [0.1, 0.15) is 33.3 Å². The first kappa shape index (κ1) is 16.7. The molecule has 0 heterocycles. The van der Waals surface area contributed by atoms with Gasteiger partial charge in [0.25, 0.3) is 0 Å². The van der Waals surface area contributed by atoms with Gasteiger partial charge in [-0.3, -0.25) is 9.69 Å². The van der Waals surface area contributed by atoms with Crippen LogP contribution in [0.4, 0.5) is 5.69 Å². The molecule has 0 fully saturated rings. The predicted octanol–water partition coefficient (Wildman–Crippen LogP) is 2.45. The summed E-state index contributed by atoms with van der Waals surface area (Å²) in [5.74, 6) is 0.0111. The first-order chi connectivity index (χ1) is 9.49. The summed E-state index contributed by atoms with van der Waals surface area (Å²) in [6, 6.07) is 7.44. The Bertz CT molecular complexity index is 427. The van der Waals surface area contributed by atoms with E-state index in [-0.39, 0.29) is 11.8 Å². The largest absolute Gasteiger partial charge is 0.324 e. The van der Waals surface area contributed by atoms with Gasteiger partial charge in [-0.1, -0.05) is 45.9 Å². The van der Waals surface area contributed by atoms with Crippen LogP contribution in [0.25, 0.3) is 0 Å². The Labute approximate surface area is 122 Å². The fourth-order valence-corrected chi connectivity index (χ4v) is 1.99. The van der Waals surface area contributed by atoms with E-state index in [1.807, 2.05) is 32.0 Å². The molecule has 1 amide bonds. The average molecular weight is 277 g/mol. The summed E-state index contributed by atoms with van der Waals surface area (Å²) < 4.78 is 0. The molecule has 0 saturated carbocycles. The SMILES string of the molecule is CCN(CC)Cc1ccccc1NC(=O)[C@@H](N)C(C)C. The maximum Gasteiger partial charge on any atom is 0.241 e. The topological polar surface area (TPSA) is 58.4 Å². The number of rotatable bonds is 7. The molecule has 3 N–H and O–H groups in total. The number of nitrogens with zero attached hydrogens (tertiary/aromatic N) is 1. The average Bonchev–Trinajstić information content (AvgIpc) is 2.45. The lowest BCUT2D eigenvalue weighted by atomic mass is 10.0. The second-order valence-electron chi connectivity index (χ2n) is 5.38. The summed E-state index contributed by atoms with van der Waals surface area (Å²) in [6.45, 7) is 11.0. The van der Waals surface area contributed by atoms with E-state index in [4.69, 9.17) is 5.73 Å². The molecule has 1 rings (SSSR count). The Morgan fingerprint density at radius 3 is 2.40 bits per heavy atom. The van der Waals surface area contributed by atoms with Gasteiger partial charge in [-0.2, -0.15) is 0 Å². The summed E-state index contributed by atoms with van der Waals surface area (Å²) in [6.07, 6.45) is 0. The molecular formula is C16H27N3O. The van der Waals surface area contributed by atoms with Gasteiger partial charge >= 0.3 is 0 Å². The van der Waals surface area contributed by atoms with Gasteiger partial charge in [-0.05, 0) is 30.6 Å². The molecular weight excluding hydrogens is 250 g/mol. The Morgan fingerprint density at radius 2 is 1.85 bits per heavy atom. The number of nitrogens with two attached hydrogens (primary N) is 1. The van der Waals surface area contributed by atoms with Crippen LogP contribution in [0.3, 0.4) is 0 Å². The highest BCUT2D eigenvalue weighted by molar-refractivity contribution is 5.95. The summed E-state index contributed by atoms with van der Waals surface area (Å²) in [7, 11) is 0. The molecule has 0 spiro atoms. The minimum absolute atomic E-state index is 0.119. The highest BCUT2D eigenvalue weighted by Crippen LogP contribution is 2.18. The van der Waals surface area contributed by atoms with E-state index in [2.05, 4.69) is 30.1 Å². The molecule has 4 heteroatoms. The fourth-order valence-electron chi connectivity index (χ4n) is 1.99. The normalized spacial score (nSPS) is 12.8. The van der Waals surface area contributed by atoms with Crippen LogP contribution in [0, 0.1) is 5.92 Å². The molecule has 112 valence electrons. The van der Waals surface area contributed by atoms with E-state index in [0.29, 0.717) is 0 Å². The smallest absolute Gasteiger partial charge is 0.241 e. The second-order valence-corrected chi connectivity index (χ2v) is 5.38. The van der Waals surface area contributed by atoms with E-state index < -0.39 is 6.04 Å². The molecule has 0 aliphatic rings. The van der Waals surface area contributed by atoms with Crippen molar-refractivity contribution in [1.82, 2.24) is 4.90 Å². The summed E-state index contributed by atoms with van der Waals surface area (Å²) >= 11 is 0. The lowest BCUT2D eigenvalue weighted by Gasteiger charge is -2.21. The fraction of sp³-hybridized carbons (Fsp3) is 0.562. The molecule has 0 aliphatic carbocycles. The van der Waals surface area contributed by atoms with Gasteiger partial charge in [-0.15, -0.1) is 0 Å². The van der Waals surface area contributed by atoms with Crippen LogP contribution in [0.5, 0.6) is 0 Å². The van der Waals surface area contributed by atoms with Crippen molar-refractivity contribution in [3.05, 3.63) is 29.8 Å². The number of anilines is 1. The lowest BCUT2D eigenvalue weighted by Crippen LogP contribution is -2.40. The number of para-hydroxylation sites is 1. The zero-order valence-corrected chi connectivity index (χ0v) is 13.0. The summed E-state index contributed by atoms with van der Waals surface area (Å²) in [5, 5.41) is 2.95. The van der Waals surface area contributed by atoms with Crippen molar-refractivity contribution >= 4 is 11.6 Å². The highest BCUT2D eigenvalue weighted by Gasteiger charge is 2.18. The third-order valence-corrected chi connectivity index (χ3v) is 3.58. The molecule has 0 unspecified atom stereocenters. The van der Waals surface area contributed by atoms with Crippen LogP contribution in [0.15, 0.2) is 24.3 Å². The summed E-state index contributed by atoms with van der Waals surface area (Å²) in [5.41, 5.74) is 7.88. The number of nitrogens with one attached hydrogen (secondary N) is 1. The van der Waals surface area contributed by atoms with Gasteiger partial charge in [0.15, 0.2) is 0 Å². The van der Waals surface area contributed by atoms with Gasteiger partial charge in [0.05, 0.1) is 6.04 Å². The molecule has 20 heavy (non-hydrogen) atoms. The maximum absolute atomic E-state index is 12.1. The number of hydrogen-bond acceptors (Lipinski definition) is 3. The minimum atomic E-state index is -0.475.